The highest BCUT2D eigenvalue weighted by Gasteiger charge is 2.18. The molecular formula is C15H11F2N3OS. The Kier molecular flexibility index (Phi) is 3.72. The van der Waals surface area contributed by atoms with Crippen molar-refractivity contribution in [2.24, 2.45) is 0 Å². The second kappa shape index (κ2) is 5.69. The Labute approximate surface area is 128 Å². The van der Waals surface area contributed by atoms with E-state index in [0.29, 0.717) is 23.1 Å². The molecule has 0 aliphatic carbocycles. The van der Waals surface area contributed by atoms with Gasteiger partial charge in [-0.2, -0.15) is 16.4 Å². The van der Waals surface area contributed by atoms with Crippen LogP contribution in [0.25, 0.3) is 11.3 Å². The van der Waals surface area contributed by atoms with Crippen LogP contribution >= 0.6 is 11.3 Å². The number of benzene rings is 1. The molecule has 2 aromatic heterocycles. The van der Waals surface area contributed by atoms with Crippen molar-refractivity contribution in [2.45, 2.75) is 6.92 Å². The lowest BCUT2D eigenvalue weighted by molar-refractivity contribution is 0.102. The van der Waals surface area contributed by atoms with E-state index in [0.717, 1.165) is 17.7 Å². The number of aryl methyl sites for hydroxylation is 1. The van der Waals surface area contributed by atoms with Crippen LogP contribution < -0.4 is 5.32 Å². The van der Waals surface area contributed by atoms with Crippen LogP contribution in [0.3, 0.4) is 0 Å². The highest BCUT2D eigenvalue weighted by Crippen LogP contribution is 2.30. The summed E-state index contributed by atoms with van der Waals surface area (Å²) in [5.74, 6) is -2.29. The first-order valence-corrected chi connectivity index (χ1v) is 7.34. The molecular weight excluding hydrogens is 308 g/mol. The predicted octanol–water partition coefficient (Wildman–Crippen LogP) is 3.98. The average molecular weight is 319 g/mol. The summed E-state index contributed by atoms with van der Waals surface area (Å²) in [6.45, 7) is 1.75. The number of hydrogen-bond donors (Lipinski definition) is 2. The number of hydrogen-bond acceptors (Lipinski definition) is 3. The molecule has 0 radical (unpaired) electrons. The Morgan fingerprint density at radius 3 is 2.82 bits per heavy atom. The van der Waals surface area contributed by atoms with Gasteiger partial charge in [-0.25, -0.2) is 8.78 Å². The van der Waals surface area contributed by atoms with Gasteiger partial charge in [0.15, 0.2) is 0 Å². The molecule has 0 spiro atoms. The summed E-state index contributed by atoms with van der Waals surface area (Å²) in [4.78, 5) is 12.2. The summed E-state index contributed by atoms with van der Waals surface area (Å²) in [6.07, 6.45) is 0. The van der Waals surface area contributed by atoms with Crippen LogP contribution in [0.1, 0.15) is 16.1 Å². The van der Waals surface area contributed by atoms with Crippen LogP contribution in [0.2, 0.25) is 0 Å². The summed E-state index contributed by atoms with van der Waals surface area (Å²) in [5.41, 5.74) is 2.33. The van der Waals surface area contributed by atoms with Crippen molar-refractivity contribution in [3.8, 4) is 11.3 Å². The third-order valence-corrected chi connectivity index (χ3v) is 3.84. The van der Waals surface area contributed by atoms with Gasteiger partial charge in [-0.15, -0.1) is 0 Å². The second-order valence-electron chi connectivity index (χ2n) is 4.66. The number of thiophene rings is 1. The maximum Gasteiger partial charge on any atom is 0.258 e. The fourth-order valence-electron chi connectivity index (χ4n) is 2.04. The van der Waals surface area contributed by atoms with Crippen molar-refractivity contribution in [1.82, 2.24) is 10.2 Å². The van der Waals surface area contributed by atoms with Crippen molar-refractivity contribution in [3.63, 3.8) is 0 Å². The van der Waals surface area contributed by atoms with E-state index >= 15 is 0 Å². The number of nitrogens with one attached hydrogen (secondary N) is 2. The summed E-state index contributed by atoms with van der Waals surface area (Å²) in [5, 5.41) is 13.4. The largest absolute Gasteiger partial charge is 0.318 e. The Morgan fingerprint density at radius 2 is 2.14 bits per heavy atom. The number of anilines is 1. The Balaban J connectivity index is 1.93. The maximum atomic E-state index is 13.7. The molecule has 2 N–H and O–H groups in total. The quantitative estimate of drug-likeness (QED) is 0.767. The number of aromatic amines is 1. The number of carbonyl (C=O) groups is 1. The highest BCUT2D eigenvalue weighted by molar-refractivity contribution is 7.08. The standard InChI is InChI=1S/C15H11F2N3OS/c1-8-13(14(20-19-8)9-4-5-22-7-9)18-15(21)11-3-2-10(16)6-12(11)17/h2-7H,1H3,(H,18,21)(H,19,20). The summed E-state index contributed by atoms with van der Waals surface area (Å²) in [7, 11) is 0. The van der Waals surface area contributed by atoms with Gasteiger partial charge < -0.3 is 5.32 Å². The maximum absolute atomic E-state index is 13.7. The molecule has 1 aromatic carbocycles. The monoisotopic (exact) mass is 319 g/mol. The van der Waals surface area contributed by atoms with Gasteiger partial charge in [0.25, 0.3) is 5.91 Å². The molecule has 4 nitrogen and oxygen atoms in total. The molecule has 3 aromatic rings. The van der Waals surface area contributed by atoms with E-state index in [1.54, 1.807) is 6.92 Å². The van der Waals surface area contributed by atoms with Gasteiger partial charge >= 0.3 is 0 Å². The van der Waals surface area contributed by atoms with Crippen molar-refractivity contribution in [3.05, 3.63) is 57.9 Å². The van der Waals surface area contributed by atoms with E-state index in [9.17, 15) is 13.6 Å². The molecule has 0 aliphatic rings. The van der Waals surface area contributed by atoms with Gasteiger partial charge in [0.1, 0.15) is 17.3 Å². The molecule has 22 heavy (non-hydrogen) atoms. The van der Waals surface area contributed by atoms with Crippen molar-refractivity contribution < 1.29 is 13.6 Å². The zero-order chi connectivity index (χ0) is 15.7. The Bertz CT molecular complexity index is 827. The van der Waals surface area contributed by atoms with E-state index in [-0.39, 0.29) is 5.56 Å². The summed E-state index contributed by atoms with van der Waals surface area (Å²) >= 11 is 1.50. The highest BCUT2D eigenvalue weighted by atomic mass is 32.1. The molecule has 0 saturated carbocycles. The SMILES string of the molecule is Cc1[nH]nc(-c2ccsc2)c1NC(=O)c1ccc(F)cc1F. The minimum atomic E-state index is -0.907. The van der Waals surface area contributed by atoms with Gasteiger partial charge in [0.2, 0.25) is 0 Å². The normalized spacial score (nSPS) is 10.7. The van der Waals surface area contributed by atoms with E-state index in [2.05, 4.69) is 15.5 Å². The lowest BCUT2D eigenvalue weighted by Crippen LogP contribution is -2.14. The Morgan fingerprint density at radius 1 is 1.32 bits per heavy atom. The van der Waals surface area contributed by atoms with Crippen molar-refractivity contribution in [1.29, 1.82) is 0 Å². The number of carbonyl (C=O) groups excluding carboxylic acids is 1. The van der Waals surface area contributed by atoms with Crippen LogP contribution in [0.5, 0.6) is 0 Å². The zero-order valence-corrected chi connectivity index (χ0v) is 12.3. The fourth-order valence-corrected chi connectivity index (χ4v) is 2.69. The number of amides is 1. The Hall–Kier alpha value is -2.54. The van der Waals surface area contributed by atoms with Crippen molar-refractivity contribution >= 4 is 22.9 Å². The molecule has 0 bridgehead atoms. The molecule has 0 aliphatic heterocycles. The van der Waals surface area contributed by atoms with Crippen LogP contribution in [-0.4, -0.2) is 16.1 Å². The molecule has 7 heteroatoms. The van der Waals surface area contributed by atoms with Crippen LogP contribution in [0, 0.1) is 18.6 Å². The van der Waals surface area contributed by atoms with Gasteiger partial charge in [-0.05, 0) is 30.5 Å². The zero-order valence-electron chi connectivity index (χ0n) is 11.5. The molecule has 2 heterocycles. The van der Waals surface area contributed by atoms with Crippen LogP contribution in [0.15, 0.2) is 35.0 Å². The number of halogens is 2. The second-order valence-corrected chi connectivity index (χ2v) is 5.44. The molecule has 0 unspecified atom stereocenters. The first kappa shape index (κ1) is 14.4. The number of nitrogens with zero attached hydrogens (tertiary/aromatic N) is 1. The average Bonchev–Trinajstić information content (AvgIpc) is 3.09. The lowest BCUT2D eigenvalue weighted by Gasteiger charge is -2.07. The van der Waals surface area contributed by atoms with Gasteiger partial charge in [-0.3, -0.25) is 9.89 Å². The third-order valence-electron chi connectivity index (χ3n) is 3.16. The van der Waals surface area contributed by atoms with E-state index in [4.69, 9.17) is 0 Å². The molecule has 0 atom stereocenters. The van der Waals surface area contributed by atoms with E-state index in [1.165, 1.54) is 11.3 Å². The van der Waals surface area contributed by atoms with Crippen LogP contribution in [-0.2, 0) is 0 Å². The molecule has 0 fully saturated rings. The molecule has 112 valence electrons. The first-order chi connectivity index (χ1) is 10.6. The number of H-pyrrole nitrogens is 1. The van der Waals surface area contributed by atoms with Crippen LogP contribution in [0.4, 0.5) is 14.5 Å². The summed E-state index contributed by atoms with van der Waals surface area (Å²) < 4.78 is 26.6. The van der Waals surface area contributed by atoms with Gasteiger partial charge in [0.05, 0.1) is 16.9 Å². The predicted molar refractivity (Wildman–Crippen MR) is 80.9 cm³/mol. The molecule has 3 rings (SSSR count). The molecule has 0 saturated heterocycles. The van der Waals surface area contributed by atoms with Crippen molar-refractivity contribution in [2.75, 3.05) is 5.32 Å². The fraction of sp³-hybridized carbons (Fsp3) is 0.0667. The third kappa shape index (κ3) is 2.62. The minimum Gasteiger partial charge on any atom is -0.318 e. The van der Waals surface area contributed by atoms with E-state index < -0.39 is 17.5 Å². The van der Waals surface area contributed by atoms with E-state index in [1.807, 2.05) is 16.8 Å². The summed E-state index contributed by atoms with van der Waals surface area (Å²) in [6, 6.07) is 4.70. The van der Waals surface area contributed by atoms with Gasteiger partial charge in [0, 0.05) is 17.0 Å². The molecule has 1 amide bonds. The lowest BCUT2D eigenvalue weighted by atomic mass is 10.1. The smallest absolute Gasteiger partial charge is 0.258 e. The first-order valence-electron chi connectivity index (χ1n) is 6.40. The number of rotatable bonds is 3. The van der Waals surface area contributed by atoms with Gasteiger partial charge in [-0.1, -0.05) is 0 Å². The topological polar surface area (TPSA) is 57.8 Å². The number of aromatic nitrogens is 2. The minimum absolute atomic E-state index is 0.224.